The number of benzene rings is 2. The van der Waals surface area contributed by atoms with Crippen LogP contribution in [0.25, 0.3) is 11.1 Å². The molecule has 3 atom stereocenters. The maximum Gasteiger partial charge on any atom is 0.228 e. The number of carbonyl (C=O) groups excluding carboxylic acids is 1. The highest BCUT2D eigenvalue weighted by molar-refractivity contribution is 6.03. The van der Waals surface area contributed by atoms with Crippen molar-refractivity contribution >= 4 is 16.9 Å². The van der Waals surface area contributed by atoms with Crippen LogP contribution < -0.4 is 0 Å². The maximum atomic E-state index is 12.3. The lowest BCUT2D eigenvalue weighted by atomic mass is 9.95. The van der Waals surface area contributed by atoms with E-state index in [0.717, 1.165) is 0 Å². The fourth-order valence-corrected chi connectivity index (χ4v) is 2.70. The molecule has 0 amide bonds. The predicted molar refractivity (Wildman–Crippen MR) is 106 cm³/mol. The minimum atomic E-state index is -2.13. The van der Waals surface area contributed by atoms with Gasteiger partial charge in [-0.3, -0.25) is 4.79 Å². The van der Waals surface area contributed by atoms with Gasteiger partial charge in [-0.05, 0) is 30.5 Å². The Labute approximate surface area is 163 Å². The van der Waals surface area contributed by atoms with Crippen LogP contribution in [0.4, 0.5) is 0 Å². The number of aliphatic hydroxyl groups excluding tert-OH is 5. The molecular formula is C22H24O6. The molecule has 0 aliphatic rings. The average Bonchev–Trinajstić information content (AvgIpc) is 2.76. The van der Waals surface area contributed by atoms with E-state index >= 15 is 0 Å². The van der Waals surface area contributed by atoms with Crippen LogP contribution in [0.15, 0.2) is 72.2 Å². The topological polar surface area (TPSA) is 118 Å². The fraction of sp³-hybridized carbons (Fsp3) is 0.227. The molecule has 148 valence electrons. The van der Waals surface area contributed by atoms with E-state index in [2.05, 4.69) is 0 Å². The van der Waals surface area contributed by atoms with Gasteiger partial charge in [0.15, 0.2) is 5.76 Å². The Balaban J connectivity index is 2.23. The van der Waals surface area contributed by atoms with Crippen molar-refractivity contribution in [3.05, 3.63) is 83.3 Å². The molecule has 6 heteroatoms. The molecule has 28 heavy (non-hydrogen) atoms. The van der Waals surface area contributed by atoms with Gasteiger partial charge in [0.1, 0.15) is 24.1 Å². The fourth-order valence-electron chi connectivity index (χ4n) is 2.70. The first-order valence-electron chi connectivity index (χ1n) is 8.74. The normalized spacial score (nSPS) is 16.5. The van der Waals surface area contributed by atoms with Crippen molar-refractivity contribution in [3.8, 4) is 0 Å². The highest BCUT2D eigenvalue weighted by Gasteiger charge is 2.35. The molecule has 6 nitrogen and oxygen atoms in total. The van der Waals surface area contributed by atoms with E-state index in [9.17, 15) is 30.3 Å². The van der Waals surface area contributed by atoms with E-state index in [-0.39, 0.29) is 11.1 Å². The zero-order chi connectivity index (χ0) is 20.8. The van der Waals surface area contributed by atoms with Gasteiger partial charge in [-0.15, -0.1) is 0 Å². The molecule has 0 fully saturated rings. The van der Waals surface area contributed by atoms with Gasteiger partial charge in [-0.1, -0.05) is 60.7 Å². The maximum absolute atomic E-state index is 12.3. The van der Waals surface area contributed by atoms with Crippen molar-refractivity contribution in [3.63, 3.8) is 0 Å². The number of aliphatic hydroxyl groups is 5. The summed E-state index contributed by atoms with van der Waals surface area (Å²) >= 11 is 0. The number of rotatable bonds is 7. The molecule has 0 aliphatic heterocycles. The van der Waals surface area contributed by atoms with Gasteiger partial charge in [-0.2, -0.15) is 0 Å². The van der Waals surface area contributed by atoms with Gasteiger partial charge >= 0.3 is 0 Å². The van der Waals surface area contributed by atoms with Crippen LogP contribution >= 0.6 is 0 Å². The van der Waals surface area contributed by atoms with Gasteiger partial charge in [-0.25, -0.2) is 0 Å². The Bertz CT molecular complexity index is 870. The molecule has 2 aromatic rings. The molecule has 0 aliphatic carbocycles. The zero-order valence-electron chi connectivity index (χ0n) is 15.6. The Hall–Kier alpha value is -2.93. The molecule has 0 bridgehead atoms. The van der Waals surface area contributed by atoms with E-state index < -0.39 is 35.6 Å². The summed E-state index contributed by atoms with van der Waals surface area (Å²) in [4.78, 5) is 12.3. The van der Waals surface area contributed by atoms with Crippen molar-refractivity contribution in [1.29, 1.82) is 0 Å². The van der Waals surface area contributed by atoms with Crippen LogP contribution in [-0.2, 0) is 4.79 Å². The Morgan fingerprint density at radius 1 is 0.714 bits per heavy atom. The van der Waals surface area contributed by atoms with Crippen molar-refractivity contribution in [1.82, 2.24) is 0 Å². The third-order valence-electron chi connectivity index (χ3n) is 4.58. The second-order valence-electron chi connectivity index (χ2n) is 6.46. The Kier molecular flexibility index (Phi) is 7.12. The lowest BCUT2D eigenvalue weighted by molar-refractivity contribution is -0.136. The van der Waals surface area contributed by atoms with E-state index in [1.807, 2.05) is 0 Å². The molecule has 0 spiro atoms. The molecule has 0 saturated carbocycles. The molecule has 0 heterocycles. The third-order valence-corrected chi connectivity index (χ3v) is 4.58. The minimum absolute atomic E-state index is 0.214. The number of Topliss-reactive ketones (excluding diaryl/α,β-unsaturated/α-hetero) is 1. The van der Waals surface area contributed by atoms with Gasteiger partial charge in [0.2, 0.25) is 5.78 Å². The number of ketones is 1. The van der Waals surface area contributed by atoms with Crippen LogP contribution in [0.2, 0.25) is 0 Å². The average molecular weight is 384 g/mol. The van der Waals surface area contributed by atoms with E-state index in [1.165, 1.54) is 13.8 Å². The monoisotopic (exact) mass is 384 g/mol. The molecule has 5 N–H and O–H groups in total. The third kappa shape index (κ3) is 4.67. The first kappa shape index (κ1) is 21.4. The second-order valence-corrected chi connectivity index (χ2v) is 6.46. The van der Waals surface area contributed by atoms with Crippen LogP contribution in [-0.4, -0.2) is 49.6 Å². The number of hydrogen-bond donors (Lipinski definition) is 5. The number of carbonyl (C=O) groups is 1. The number of hydrogen-bond acceptors (Lipinski definition) is 6. The summed E-state index contributed by atoms with van der Waals surface area (Å²) in [6.07, 6.45) is -6.07. The lowest BCUT2D eigenvalue weighted by Crippen LogP contribution is -2.44. The summed E-state index contributed by atoms with van der Waals surface area (Å²) < 4.78 is 0. The SMILES string of the molecule is CC(=C(O)C(=O)[C@H](O)[C@@H](O)[C@H](O)C(O)=C(C)c1ccccc1)c1ccccc1. The summed E-state index contributed by atoms with van der Waals surface area (Å²) in [6.45, 7) is 3.03. The summed E-state index contributed by atoms with van der Waals surface area (Å²) in [5, 5.41) is 50.9. The molecule has 0 aromatic heterocycles. The molecule has 0 radical (unpaired) electrons. The Morgan fingerprint density at radius 2 is 1.14 bits per heavy atom. The van der Waals surface area contributed by atoms with Crippen LogP contribution in [0.5, 0.6) is 0 Å². The lowest BCUT2D eigenvalue weighted by Gasteiger charge is -2.23. The largest absolute Gasteiger partial charge is 0.509 e. The van der Waals surface area contributed by atoms with Crippen LogP contribution in [0.3, 0.4) is 0 Å². The summed E-state index contributed by atoms with van der Waals surface area (Å²) in [5.74, 6) is -2.46. The molecule has 2 rings (SSSR count). The molecule has 0 unspecified atom stereocenters. The van der Waals surface area contributed by atoms with Crippen molar-refractivity contribution in [2.75, 3.05) is 0 Å². The van der Waals surface area contributed by atoms with Crippen molar-refractivity contribution in [2.45, 2.75) is 32.2 Å². The molecular weight excluding hydrogens is 360 g/mol. The molecule has 0 saturated heterocycles. The zero-order valence-corrected chi connectivity index (χ0v) is 15.6. The second kappa shape index (κ2) is 9.32. The van der Waals surface area contributed by atoms with Gasteiger partial charge in [0, 0.05) is 5.57 Å². The summed E-state index contributed by atoms with van der Waals surface area (Å²) in [5.41, 5.74) is 1.67. The van der Waals surface area contributed by atoms with E-state index in [0.29, 0.717) is 11.1 Å². The summed E-state index contributed by atoms with van der Waals surface area (Å²) in [7, 11) is 0. The predicted octanol–water partition coefficient (Wildman–Crippen LogP) is 2.62. The quantitative estimate of drug-likeness (QED) is 0.370. The van der Waals surface area contributed by atoms with E-state index in [1.54, 1.807) is 60.7 Å². The Morgan fingerprint density at radius 3 is 1.61 bits per heavy atom. The van der Waals surface area contributed by atoms with Gasteiger partial charge < -0.3 is 25.5 Å². The standard InChI is InChI=1S/C22H24O6/c1-13(15-9-5-3-6-10-15)17(23)19(25)21(27)22(28)20(26)18(24)14(2)16-11-7-4-8-12-16/h3-12,19,21-25,27-28H,1-2H3/t19-,21+,22+/m1/s1. The highest BCUT2D eigenvalue weighted by atomic mass is 16.4. The smallest absolute Gasteiger partial charge is 0.228 e. The van der Waals surface area contributed by atoms with Crippen molar-refractivity contribution < 1.29 is 30.3 Å². The highest BCUT2D eigenvalue weighted by Crippen LogP contribution is 2.23. The summed E-state index contributed by atoms with van der Waals surface area (Å²) in [6, 6.07) is 17.2. The van der Waals surface area contributed by atoms with Gasteiger partial charge in [0.05, 0.1) is 0 Å². The van der Waals surface area contributed by atoms with Gasteiger partial charge in [0.25, 0.3) is 0 Å². The molecule has 2 aromatic carbocycles. The first-order chi connectivity index (χ1) is 13.3. The van der Waals surface area contributed by atoms with Crippen LogP contribution in [0, 0.1) is 0 Å². The van der Waals surface area contributed by atoms with Crippen LogP contribution in [0.1, 0.15) is 25.0 Å². The van der Waals surface area contributed by atoms with E-state index in [4.69, 9.17) is 0 Å². The van der Waals surface area contributed by atoms with Crippen molar-refractivity contribution in [2.24, 2.45) is 0 Å². The minimum Gasteiger partial charge on any atom is -0.509 e. The number of allylic oxidation sites excluding steroid dienone is 2. The first-order valence-corrected chi connectivity index (χ1v) is 8.74.